The first-order chi connectivity index (χ1) is 10.3. The number of rotatable bonds is 4. The van der Waals surface area contributed by atoms with Gasteiger partial charge in [0.05, 0.1) is 12.8 Å². The van der Waals surface area contributed by atoms with Crippen LogP contribution >= 0.6 is 12.2 Å². The smallest absolute Gasteiger partial charge is 0.453 e. The van der Waals surface area contributed by atoms with Gasteiger partial charge >= 0.3 is 6.18 Å². The van der Waals surface area contributed by atoms with E-state index in [1.807, 2.05) is 0 Å². The first-order valence-corrected chi connectivity index (χ1v) is 6.48. The minimum atomic E-state index is -4.68. The lowest BCUT2D eigenvalue weighted by Gasteiger charge is -2.06. The van der Waals surface area contributed by atoms with Crippen molar-refractivity contribution in [1.82, 2.24) is 14.9 Å². The first kappa shape index (κ1) is 16.0. The number of H-pyrrole nitrogens is 1. The van der Waals surface area contributed by atoms with Crippen molar-refractivity contribution in [3.8, 4) is 11.5 Å². The molecule has 1 aromatic carbocycles. The minimum Gasteiger partial charge on any atom is -0.504 e. The molecule has 0 aliphatic heterocycles. The Kier molecular flexibility index (Phi) is 4.50. The van der Waals surface area contributed by atoms with Gasteiger partial charge in [-0.15, -0.1) is 5.10 Å². The number of halogens is 3. The van der Waals surface area contributed by atoms with Gasteiger partial charge in [0, 0.05) is 0 Å². The summed E-state index contributed by atoms with van der Waals surface area (Å²) in [5.41, 5.74) is 0.428. The van der Waals surface area contributed by atoms with Gasteiger partial charge in [-0.2, -0.15) is 22.9 Å². The van der Waals surface area contributed by atoms with Gasteiger partial charge in [-0.1, -0.05) is 0 Å². The molecule has 10 heteroatoms. The third kappa shape index (κ3) is 3.45. The van der Waals surface area contributed by atoms with Crippen LogP contribution in [0.5, 0.6) is 11.5 Å². The lowest BCUT2D eigenvalue weighted by Crippen LogP contribution is -2.12. The lowest BCUT2D eigenvalue weighted by molar-refractivity contribution is -0.147. The Morgan fingerprint density at radius 1 is 1.50 bits per heavy atom. The fourth-order valence-electron chi connectivity index (χ4n) is 1.59. The number of aromatic hydroxyl groups is 1. The van der Waals surface area contributed by atoms with E-state index in [1.54, 1.807) is 6.92 Å². The number of alkyl halides is 3. The predicted octanol–water partition coefficient (Wildman–Crippen LogP) is 2.95. The highest BCUT2D eigenvalue weighted by Crippen LogP contribution is 2.28. The molecule has 22 heavy (non-hydrogen) atoms. The summed E-state index contributed by atoms with van der Waals surface area (Å²) in [4.78, 5) is 0. The molecule has 0 bridgehead atoms. The number of phenolic OH excluding ortho intramolecular Hbond substituents is 1. The van der Waals surface area contributed by atoms with Crippen LogP contribution in [0.25, 0.3) is 0 Å². The lowest BCUT2D eigenvalue weighted by atomic mass is 10.2. The molecule has 0 amide bonds. The molecule has 6 nitrogen and oxygen atoms in total. The molecule has 1 heterocycles. The zero-order chi connectivity index (χ0) is 16.3. The number of hydrogen-bond donors (Lipinski definition) is 2. The highest BCUT2D eigenvalue weighted by molar-refractivity contribution is 7.71. The number of ether oxygens (including phenoxy) is 1. The van der Waals surface area contributed by atoms with Crippen LogP contribution in [0.1, 0.15) is 18.3 Å². The number of aromatic nitrogens is 3. The summed E-state index contributed by atoms with van der Waals surface area (Å²) in [6, 6.07) is 4.27. The van der Waals surface area contributed by atoms with Gasteiger partial charge in [0.25, 0.3) is 5.82 Å². The Hall–Kier alpha value is -2.36. The van der Waals surface area contributed by atoms with Crippen molar-refractivity contribution in [2.75, 3.05) is 6.61 Å². The van der Waals surface area contributed by atoms with E-state index < -0.39 is 12.0 Å². The highest BCUT2D eigenvalue weighted by Gasteiger charge is 2.37. The van der Waals surface area contributed by atoms with Crippen LogP contribution in [0.3, 0.4) is 0 Å². The number of benzene rings is 1. The molecule has 0 saturated carbocycles. The van der Waals surface area contributed by atoms with E-state index in [0.29, 0.717) is 16.8 Å². The van der Waals surface area contributed by atoms with Crippen molar-refractivity contribution in [3.63, 3.8) is 0 Å². The monoisotopic (exact) mass is 332 g/mol. The molecule has 1 aromatic heterocycles. The third-order valence-corrected chi connectivity index (χ3v) is 2.77. The van der Waals surface area contributed by atoms with Crippen LogP contribution < -0.4 is 4.74 Å². The van der Waals surface area contributed by atoms with Gasteiger partial charge in [-0.25, -0.2) is 5.10 Å². The van der Waals surface area contributed by atoms with Crippen LogP contribution in [0.15, 0.2) is 23.3 Å². The molecule has 0 spiro atoms. The summed E-state index contributed by atoms with van der Waals surface area (Å²) < 4.78 is 43.6. The number of aromatic amines is 1. The first-order valence-electron chi connectivity index (χ1n) is 6.07. The van der Waals surface area contributed by atoms with Crippen LogP contribution in [0.2, 0.25) is 0 Å². The van der Waals surface area contributed by atoms with Crippen LogP contribution in [-0.4, -0.2) is 32.8 Å². The predicted molar refractivity (Wildman–Crippen MR) is 74.7 cm³/mol. The molecule has 0 saturated heterocycles. The molecule has 0 atom stereocenters. The van der Waals surface area contributed by atoms with Gasteiger partial charge in [0.2, 0.25) is 4.77 Å². The van der Waals surface area contributed by atoms with Crippen LogP contribution in [0, 0.1) is 4.77 Å². The molecule has 118 valence electrons. The third-order valence-electron chi connectivity index (χ3n) is 2.51. The fourth-order valence-corrected chi connectivity index (χ4v) is 1.77. The van der Waals surface area contributed by atoms with Crippen molar-refractivity contribution in [2.45, 2.75) is 13.1 Å². The van der Waals surface area contributed by atoms with E-state index in [-0.39, 0.29) is 16.3 Å². The molecule has 0 radical (unpaired) electrons. The topological polar surface area (TPSA) is 75.4 Å². The van der Waals surface area contributed by atoms with E-state index in [0.717, 1.165) is 6.21 Å². The summed E-state index contributed by atoms with van der Waals surface area (Å²) in [5, 5.41) is 18.4. The summed E-state index contributed by atoms with van der Waals surface area (Å²) in [6.07, 6.45) is -3.53. The van der Waals surface area contributed by atoms with Gasteiger partial charge < -0.3 is 9.84 Å². The zero-order valence-corrected chi connectivity index (χ0v) is 12.1. The highest BCUT2D eigenvalue weighted by atomic mass is 32.1. The molecule has 0 aliphatic carbocycles. The summed E-state index contributed by atoms with van der Waals surface area (Å²) in [6.45, 7) is 2.07. The van der Waals surface area contributed by atoms with Gasteiger partial charge in [0.1, 0.15) is 0 Å². The molecular weight excluding hydrogens is 321 g/mol. The second-order valence-corrected chi connectivity index (χ2v) is 4.45. The SMILES string of the molecule is CCOc1cc(C=Nn2c(C(F)(F)F)n[nH]c2=S)ccc1O. The van der Waals surface area contributed by atoms with Crippen LogP contribution in [-0.2, 0) is 6.18 Å². The van der Waals surface area contributed by atoms with Gasteiger partial charge in [-0.05, 0) is 42.9 Å². The zero-order valence-electron chi connectivity index (χ0n) is 11.3. The van der Waals surface area contributed by atoms with Gasteiger partial charge in [0.15, 0.2) is 11.5 Å². The summed E-state index contributed by atoms with van der Waals surface area (Å²) in [7, 11) is 0. The van der Waals surface area contributed by atoms with E-state index in [1.165, 1.54) is 18.2 Å². The Bertz CT molecular complexity index is 752. The second kappa shape index (κ2) is 6.18. The summed E-state index contributed by atoms with van der Waals surface area (Å²) >= 11 is 4.71. The second-order valence-electron chi connectivity index (χ2n) is 4.07. The number of nitrogens with one attached hydrogen (secondary N) is 1. The van der Waals surface area contributed by atoms with Crippen molar-refractivity contribution < 1.29 is 23.0 Å². The summed E-state index contributed by atoms with van der Waals surface area (Å²) in [5.74, 6) is -1.12. The molecule has 2 aromatic rings. The molecular formula is C12H11F3N4O2S. The largest absolute Gasteiger partial charge is 0.504 e. The van der Waals surface area contributed by atoms with E-state index in [9.17, 15) is 18.3 Å². The maximum absolute atomic E-state index is 12.7. The molecule has 2 N–H and O–H groups in total. The molecule has 0 fully saturated rings. The average molecular weight is 332 g/mol. The molecule has 0 unspecified atom stereocenters. The van der Waals surface area contributed by atoms with Crippen molar-refractivity contribution in [2.24, 2.45) is 5.10 Å². The van der Waals surface area contributed by atoms with Crippen molar-refractivity contribution >= 4 is 18.4 Å². The Labute approximate surface area is 127 Å². The van der Waals surface area contributed by atoms with Crippen molar-refractivity contribution in [3.05, 3.63) is 34.4 Å². The maximum atomic E-state index is 12.7. The number of nitrogens with zero attached hydrogens (tertiary/aromatic N) is 3. The molecule has 0 aliphatic rings. The van der Waals surface area contributed by atoms with Crippen molar-refractivity contribution in [1.29, 1.82) is 0 Å². The quantitative estimate of drug-likeness (QED) is 0.667. The maximum Gasteiger partial charge on any atom is 0.453 e. The van der Waals surface area contributed by atoms with E-state index in [2.05, 4.69) is 15.3 Å². The van der Waals surface area contributed by atoms with E-state index in [4.69, 9.17) is 17.0 Å². The van der Waals surface area contributed by atoms with E-state index >= 15 is 0 Å². The Balaban J connectivity index is 2.36. The average Bonchev–Trinajstić information content (AvgIpc) is 2.81. The number of phenols is 1. The minimum absolute atomic E-state index is 0.0742. The number of hydrogen-bond acceptors (Lipinski definition) is 5. The fraction of sp³-hybridized carbons (Fsp3) is 0.250. The Morgan fingerprint density at radius 2 is 2.23 bits per heavy atom. The van der Waals surface area contributed by atoms with Crippen LogP contribution in [0.4, 0.5) is 13.2 Å². The molecule has 2 rings (SSSR count). The van der Waals surface area contributed by atoms with Gasteiger partial charge in [-0.3, -0.25) is 0 Å². The standard InChI is InChI=1S/C12H11F3N4O2S/c1-2-21-9-5-7(3-4-8(9)20)6-16-19-10(12(13,14)15)17-18-11(19)22/h3-6,20H,2H2,1H3,(H,18,22). The normalized spacial score (nSPS) is 12.0. The Morgan fingerprint density at radius 3 is 2.86 bits per heavy atom.